The van der Waals surface area contributed by atoms with Crippen molar-refractivity contribution in [2.24, 2.45) is 17.8 Å². The highest BCUT2D eigenvalue weighted by Gasteiger charge is 2.29. The maximum absolute atomic E-state index is 11.7. The van der Waals surface area contributed by atoms with Gasteiger partial charge in [-0.25, -0.2) is 0 Å². The van der Waals surface area contributed by atoms with E-state index in [2.05, 4.69) is 13.8 Å². The molecule has 0 bridgehead atoms. The van der Waals surface area contributed by atoms with Crippen LogP contribution in [-0.4, -0.2) is 5.78 Å². The van der Waals surface area contributed by atoms with E-state index in [9.17, 15) is 4.79 Å². The molecule has 1 aliphatic carbocycles. The Labute approximate surface area is 97.9 Å². The maximum Gasteiger partial charge on any atom is 0.136 e. The number of rotatable bonds is 3. The summed E-state index contributed by atoms with van der Waals surface area (Å²) in [6, 6.07) is 0. The monoisotopic (exact) mass is 228 g/mol. The van der Waals surface area contributed by atoms with Crippen LogP contribution in [0, 0.1) is 17.8 Å². The lowest BCUT2D eigenvalue weighted by Crippen LogP contribution is -2.27. The molecule has 0 saturated heterocycles. The first-order chi connectivity index (χ1) is 7.04. The molecule has 0 aromatic heterocycles. The minimum Gasteiger partial charge on any atom is -0.299 e. The topological polar surface area (TPSA) is 17.1 Å². The third-order valence-corrected chi connectivity index (χ3v) is 3.87. The number of halogens is 1. The number of ketones is 1. The van der Waals surface area contributed by atoms with Gasteiger partial charge in [-0.05, 0) is 38.0 Å². The molecule has 2 heteroatoms. The Balaban J connectivity index is 2.57. The van der Waals surface area contributed by atoms with Gasteiger partial charge in [0, 0.05) is 17.9 Å². The van der Waals surface area contributed by atoms with Crippen molar-refractivity contribution in [1.29, 1.82) is 0 Å². The first-order valence-electron chi connectivity index (χ1n) is 5.83. The lowest BCUT2D eigenvalue weighted by Gasteiger charge is -2.30. The molecule has 2 unspecified atom stereocenters. The summed E-state index contributed by atoms with van der Waals surface area (Å²) in [5.41, 5.74) is 2.73. The third kappa shape index (κ3) is 3.64. The average Bonchev–Trinajstić information content (AvgIpc) is 2.20. The molecule has 15 heavy (non-hydrogen) atoms. The molecule has 1 saturated carbocycles. The van der Waals surface area contributed by atoms with Crippen LogP contribution in [0.1, 0.15) is 46.5 Å². The van der Waals surface area contributed by atoms with Crippen LogP contribution in [0.5, 0.6) is 0 Å². The van der Waals surface area contributed by atoms with Crippen molar-refractivity contribution in [3.05, 3.63) is 11.1 Å². The van der Waals surface area contributed by atoms with E-state index in [-0.39, 0.29) is 5.92 Å². The highest BCUT2D eigenvalue weighted by atomic mass is 35.5. The third-order valence-electron chi connectivity index (χ3n) is 3.50. The van der Waals surface area contributed by atoms with E-state index in [4.69, 9.17) is 11.6 Å². The molecule has 0 N–H and O–H groups in total. The fraction of sp³-hybridized carbons (Fsp3) is 0.769. The normalized spacial score (nSPS) is 28.6. The van der Waals surface area contributed by atoms with Crippen LogP contribution in [-0.2, 0) is 4.79 Å². The van der Waals surface area contributed by atoms with Gasteiger partial charge in [0.15, 0.2) is 0 Å². The Morgan fingerprint density at radius 2 is 2.27 bits per heavy atom. The minimum atomic E-state index is 0.223. The first-order valence-corrected chi connectivity index (χ1v) is 6.26. The van der Waals surface area contributed by atoms with Crippen molar-refractivity contribution >= 4 is 17.4 Å². The fourth-order valence-electron chi connectivity index (χ4n) is 2.38. The number of hydrogen-bond donors (Lipinski definition) is 0. The molecule has 0 heterocycles. The summed E-state index contributed by atoms with van der Waals surface area (Å²) in [4.78, 5) is 11.7. The molecule has 0 aromatic rings. The number of carbonyl (C=O) groups excluding carboxylic acids is 1. The molecule has 1 nitrogen and oxygen atoms in total. The Kier molecular flexibility index (Phi) is 4.85. The molecular weight excluding hydrogens is 208 g/mol. The maximum atomic E-state index is 11.7. The molecule has 1 rings (SSSR count). The lowest BCUT2D eigenvalue weighted by atomic mass is 9.74. The molecule has 1 aliphatic rings. The zero-order chi connectivity index (χ0) is 11.4. The minimum absolute atomic E-state index is 0.223. The zero-order valence-electron chi connectivity index (χ0n) is 9.92. The number of allylic oxidation sites excluding steroid dienone is 1. The van der Waals surface area contributed by atoms with Gasteiger partial charge in [-0.2, -0.15) is 0 Å². The van der Waals surface area contributed by atoms with Crippen molar-refractivity contribution in [1.82, 2.24) is 0 Å². The Morgan fingerprint density at radius 1 is 1.60 bits per heavy atom. The van der Waals surface area contributed by atoms with E-state index >= 15 is 0 Å². The smallest absolute Gasteiger partial charge is 0.136 e. The van der Waals surface area contributed by atoms with Gasteiger partial charge in [0.1, 0.15) is 5.78 Å². The van der Waals surface area contributed by atoms with Gasteiger partial charge in [0.05, 0.1) is 0 Å². The summed E-state index contributed by atoms with van der Waals surface area (Å²) in [5.74, 6) is 2.07. The van der Waals surface area contributed by atoms with Crippen molar-refractivity contribution in [2.45, 2.75) is 46.5 Å². The van der Waals surface area contributed by atoms with Gasteiger partial charge in [0.2, 0.25) is 0 Å². The second-order valence-electron chi connectivity index (χ2n) is 5.10. The van der Waals surface area contributed by atoms with Crippen LogP contribution in [0.2, 0.25) is 0 Å². The Bertz CT molecular complexity index is 255. The van der Waals surface area contributed by atoms with Gasteiger partial charge in [-0.1, -0.05) is 31.0 Å². The molecule has 86 valence electrons. The van der Waals surface area contributed by atoms with Gasteiger partial charge in [0.25, 0.3) is 0 Å². The molecule has 0 aromatic carbocycles. The number of Topliss-reactive ketones (excluding diaryl/α,β-unsaturated/α-hetero) is 1. The quantitative estimate of drug-likeness (QED) is 0.709. The molecule has 0 amide bonds. The fourth-order valence-corrected chi connectivity index (χ4v) is 2.47. The van der Waals surface area contributed by atoms with Crippen molar-refractivity contribution in [3.8, 4) is 0 Å². The van der Waals surface area contributed by atoms with Crippen molar-refractivity contribution < 1.29 is 4.79 Å². The first kappa shape index (κ1) is 12.8. The van der Waals surface area contributed by atoms with Gasteiger partial charge < -0.3 is 0 Å². The van der Waals surface area contributed by atoms with Crippen molar-refractivity contribution in [2.75, 3.05) is 0 Å². The Morgan fingerprint density at radius 3 is 2.80 bits per heavy atom. The predicted octanol–water partition coefficient (Wildman–Crippen LogP) is 4.16. The van der Waals surface area contributed by atoms with Crippen LogP contribution in [0.25, 0.3) is 0 Å². The van der Waals surface area contributed by atoms with Crippen LogP contribution >= 0.6 is 11.6 Å². The van der Waals surface area contributed by atoms with Crippen LogP contribution < -0.4 is 0 Å². The summed E-state index contributed by atoms with van der Waals surface area (Å²) in [6.07, 6.45) is 3.75. The second-order valence-corrected chi connectivity index (χ2v) is 5.32. The number of carbonyl (C=O) groups is 1. The molecule has 2 atom stereocenters. The summed E-state index contributed by atoms with van der Waals surface area (Å²) in [6.45, 7) is 6.50. The lowest BCUT2D eigenvalue weighted by molar-refractivity contribution is -0.125. The largest absolute Gasteiger partial charge is 0.299 e. The van der Waals surface area contributed by atoms with E-state index in [0.29, 0.717) is 11.7 Å². The van der Waals surface area contributed by atoms with Crippen LogP contribution in [0.15, 0.2) is 11.1 Å². The standard InChI is InChI=1S/C13H21ClO/c1-9(2)11-4-5-13(15)12(7-11)6-10(3)8-14/h8-9,11-12H,4-7H2,1-3H3/b10-8+. The SMILES string of the molecule is C/C(=C\Cl)CC1CC(C(C)C)CCC1=O. The number of hydrogen-bond acceptors (Lipinski definition) is 1. The Hall–Kier alpha value is -0.300. The summed E-state index contributed by atoms with van der Waals surface area (Å²) in [7, 11) is 0. The van der Waals surface area contributed by atoms with Gasteiger partial charge >= 0.3 is 0 Å². The van der Waals surface area contributed by atoms with Crippen LogP contribution in [0.3, 0.4) is 0 Å². The van der Waals surface area contributed by atoms with Gasteiger partial charge in [-0.15, -0.1) is 0 Å². The second kappa shape index (κ2) is 5.69. The highest BCUT2D eigenvalue weighted by molar-refractivity contribution is 6.25. The van der Waals surface area contributed by atoms with E-state index in [0.717, 1.165) is 37.2 Å². The zero-order valence-corrected chi connectivity index (χ0v) is 10.7. The van der Waals surface area contributed by atoms with E-state index in [1.54, 1.807) is 5.54 Å². The van der Waals surface area contributed by atoms with Crippen molar-refractivity contribution in [3.63, 3.8) is 0 Å². The van der Waals surface area contributed by atoms with E-state index < -0.39 is 0 Å². The van der Waals surface area contributed by atoms with Gasteiger partial charge in [-0.3, -0.25) is 4.79 Å². The molecule has 1 fully saturated rings. The van der Waals surface area contributed by atoms with Crippen LogP contribution in [0.4, 0.5) is 0 Å². The average molecular weight is 229 g/mol. The summed E-state index contributed by atoms with van der Waals surface area (Å²) >= 11 is 5.64. The van der Waals surface area contributed by atoms with E-state index in [1.165, 1.54) is 0 Å². The van der Waals surface area contributed by atoms with E-state index in [1.807, 2.05) is 6.92 Å². The highest BCUT2D eigenvalue weighted by Crippen LogP contribution is 2.34. The summed E-state index contributed by atoms with van der Waals surface area (Å²) in [5, 5.41) is 0. The summed E-state index contributed by atoms with van der Waals surface area (Å²) < 4.78 is 0. The molecule has 0 spiro atoms. The molecule has 0 aliphatic heterocycles. The molecule has 0 radical (unpaired) electrons. The predicted molar refractivity (Wildman–Crippen MR) is 64.9 cm³/mol. The molecular formula is C13H21ClO.